The van der Waals surface area contributed by atoms with Gasteiger partial charge in [-0.25, -0.2) is 13.2 Å². The summed E-state index contributed by atoms with van der Waals surface area (Å²) in [6.07, 6.45) is 5.45. The first-order valence-electron chi connectivity index (χ1n) is 9.61. The molecule has 0 N–H and O–H groups in total. The normalized spacial score (nSPS) is 15.2. The number of Topliss-reactive ketones (excluding diaryl/α,β-unsaturated/α-hetero) is 1. The lowest BCUT2D eigenvalue weighted by Crippen LogP contribution is -2.35. The number of halogens is 1. The summed E-state index contributed by atoms with van der Waals surface area (Å²) in [5.41, 5.74) is 0.934. The highest BCUT2D eigenvalue weighted by Crippen LogP contribution is 2.21. The second-order valence-electron chi connectivity index (χ2n) is 6.87. The molecule has 1 aliphatic heterocycles. The van der Waals surface area contributed by atoms with Gasteiger partial charge >= 0.3 is 5.97 Å². The van der Waals surface area contributed by atoms with Crippen LogP contribution < -0.4 is 0 Å². The van der Waals surface area contributed by atoms with Crippen LogP contribution in [0.3, 0.4) is 0 Å². The molecule has 2 aromatic carbocycles. The molecule has 1 saturated heterocycles. The molecule has 0 bridgehead atoms. The van der Waals surface area contributed by atoms with E-state index in [-0.39, 0.29) is 10.5 Å². The molecule has 1 heterocycles. The molecule has 0 aliphatic carbocycles. The van der Waals surface area contributed by atoms with Crippen LogP contribution in [0.1, 0.15) is 35.2 Å². The van der Waals surface area contributed by atoms with Crippen molar-refractivity contribution >= 4 is 39.5 Å². The van der Waals surface area contributed by atoms with E-state index in [0.717, 1.165) is 19.3 Å². The van der Waals surface area contributed by atoms with E-state index in [9.17, 15) is 18.0 Å². The Kier molecular flexibility index (Phi) is 7.42. The number of ether oxygens (including phenoxy) is 1. The van der Waals surface area contributed by atoms with E-state index in [4.69, 9.17) is 16.3 Å². The van der Waals surface area contributed by atoms with Crippen LogP contribution in [0.25, 0.3) is 6.08 Å². The fourth-order valence-electron chi connectivity index (χ4n) is 3.10. The number of esters is 1. The molecule has 0 amide bonds. The van der Waals surface area contributed by atoms with Crippen LogP contribution >= 0.6 is 11.6 Å². The Balaban J connectivity index is 1.57. The Morgan fingerprint density at radius 1 is 1.00 bits per heavy atom. The number of benzene rings is 2. The fourth-order valence-corrected chi connectivity index (χ4v) is 4.82. The first-order valence-corrected chi connectivity index (χ1v) is 11.4. The van der Waals surface area contributed by atoms with Gasteiger partial charge in [0.15, 0.2) is 12.4 Å². The van der Waals surface area contributed by atoms with Crippen LogP contribution in [0.15, 0.2) is 59.5 Å². The number of sulfonamides is 1. The number of ketones is 1. The fraction of sp³-hybridized carbons (Fsp3) is 0.273. The predicted octanol–water partition coefficient (Wildman–Crippen LogP) is 3.95. The molecular formula is C22H22ClNO5S. The Bertz CT molecular complexity index is 1040. The summed E-state index contributed by atoms with van der Waals surface area (Å²) in [5.74, 6) is -1.09. The highest BCUT2D eigenvalue weighted by atomic mass is 35.5. The van der Waals surface area contributed by atoms with Crippen LogP contribution in [-0.2, 0) is 19.6 Å². The van der Waals surface area contributed by atoms with Gasteiger partial charge in [-0.15, -0.1) is 0 Å². The first kappa shape index (κ1) is 22.2. The maximum atomic E-state index is 12.7. The van der Waals surface area contributed by atoms with Gasteiger partial charge in [0.2, 0.25) is 10.0 Å². The summed E-state index contributed by atoms with van der Waals surface area (Å²) in [5, 5.41) is 0.497. The molecule has 0 saturated carbocycles. The maximum absolute atomic E-state index is 12.7. The molecule has 1 aliphatic rings. The van der Waals surface area contributed by atoms with Gasteiger partial charge in [-0.2, -0.15) is 4.31 Å². The summed E-state index contributed by atoms with van der Waals surface area (Å²) in [6.45, 7) is 0.589. The van der Waals surface area contributed by atoms with Crippen LogP contribution in [-0.4, -0.2) is 44.2 Å². The zero-order valence-electron chi connectivity index (χ0n) is 16.3. The summed E-state index contributed by atoms with van der Waals surface area (Å²) in [7, 11) is -3.55. The lowest BCUT2D eigenvalue weighted by Gasteiger charge is -2.25. The van der Waals surface area contributed by atoms with Gasteiger partial charge in [0, 0.05) is 29.8 Å². The van der Waals surface area contributed by atoms with Gasteiger partial charge in [-0.3, -0.25) is 4.79 Å². The third-order valence-corrected chi connectivity index (χ3v) is 7.04. The summed E-state index contributed by atoms with van der Waals surface area (Å²) >= 11 is 6.01. The predicted molar refractivity (Wildman–Crippen MR) is 115 cm³/mol. The first-order chi connectivity index (χ1) is 14.4. The number of carbonyl (C=O) groups is 2. The quantitative estimate of drug-likeness (QED) is 0.364. The van der Waals surface area contributed by atoms with E-state index in [1.54, 1.807) is 24.3 Å². The van der Waals surface area contributed by atoms with Crippen LogP contribution in [0.2, 0.25) is 5.02 Å². The summed E-state index contributed by atoms with van der Waals surface area (Å²) in [6, 6.07) is 12.7. The molecule has 1 fully saturated rings. The second-order valence-corrected chi connectivity index (χ2v) is 9.22. The van der Waals surface area contributed by atoms with Gasteiger partial charge in [0.05, 0.1) is 4.90 Å². The van der Waals surface area contributed by atoms with Crippen molar-refractivity contribution in [3.05, 3.63) is 70.8 Å². The highest BCUT2D eigenvalue weighted by molar-refractivity contribution is 7.89. The number of nitrogens with zero attached hydrogens (tertiary/aromatic N) is 1. The van der Waals surface area contributed by atoms with Crippen molar-refractivity contribution in [3.63, 3.8) is 0 Å². The average molecular weight is 448 g/mol. The second kappa shape index (κ2) is 10.0. The topological polar surface area (TPSA) is 80.8 Å². The lowest BCUT2D eigenvalue weighted by molar-refractivity contribution is -0.136. The Hall–Kier alpha value is -2.48. The minimum atomic E-state index is -3.55. The standard InChI is InChI=1S/C22H22ClNO5S/c23-20-7-3-2-6-17(20)10-13-22(26)29-16-21(25)18-8-11-19(12-9-18)30(27,28)24-14-4-1-5-15-24/h2-3,6-13H,1,4-5,14-16H2. The van der Waals surface area contributed by atoms with Crippen molar-refractivity contribution < 1.29 is 22.7 Å². The zero-order chi connectivity index (χ0) is 21.6. The minimum absolute atomic E-state index is 0.153. The molecule has 0 unspecified atom stereocenters. The molecule has 3 rings (SSSR count). The number of hydrogen-bond donors (Lipinski definition) is 0. The van der Waals surface area contributed by atoms with Crippen molar-refractivity contribution in [2.45, 2.75) is 24.2 Å². The minimum Gasteiger partial charge on any atom is -0.454 e. The molecule has 2 aromatic rings. The molecule has 0 radical (unpaired) electrons. The van der Waals surface area contributed by atoms with E-state index < -0.39 is 28.4 Å². The molecule has 0 atom stereocenters. The van der Waals surface area contributed by atoms with Crippen molar-refractivity contribution in [3.8, 4) is 0 Å². The van der Waals surface area contributed by atoms with Gasteiger partial charge in [-0.05, 0) is 54.8 Å². The van der Waals surface area contributed by atoms with Gasteiger partial charge in [-0.1, -0.05) is 36.2 Å². The van der Waals surface area contributed by atoms with Crippen LogP contribution in [0.5, 0.6) is 0 Å². The number of hydrogen-bond acceptors (Lipinski definition) is 5. The van der Waals surface area contributed by atoms with Crippen molar-refractivity contribution in [2.75, 3.05) is 19.7 Å². The molecular weight excluding hydrogens is 426 g/mol. The van der Waals surface area contributed by atoms with E-state index in [2.05, 4.69) is 0 Å². The van der Waals surface area contributed by atoms with Crippen LogP contribution in [0.4, 0.5) is 0 Å². The molecule has 8 heteroatoms. The number of piperidine rings is 1. The Labute approximate surface area is 181 Å². The van der Waals surface area contributed by atoms with Crippen molar-refractivity contribution in [1.29, 1.82) is 0 Å². The third-order valence-electron chi connectivity index (χ3n) is 4.78. The van der Waals surface area contributed by atoms with E-state index in [0.29, 0.717) is 23.7 Å². The number of rotatable bonds is 7. The molecule has 158 valence electrons. The zero-order valence-corrected chi connectivity index (χ0v) is 17.9. The van der Waals surface area contributed by atoms with Crippen molar-refractivity contribution in [1.82, 2.24) is 4.31 Å². The highest BCUT2D eigenvalue weighted by Gasteiger charge is 2.25. The van der Waals surface area contributed by atoms with E-state index in [1.165, 1.54) is 40.7 Å². The van der Waals surface area contributed by atoms with Crippen LogP contribution in [0, 0.1) is 0 Å². The number of carbonyl (C=O) groups excluding carboxylic acids is 2. The molecule has 0 aromatic heterocycles. The Morgan fingerprint density at radius 2 is 1.67 bits per heavy atom. The van der Waals surface area contributed by atoms with Gasteiger partial charge in [0.1, 0.15) is 0 Å². The lowest BCUT2D eigenvalue weighted by atomic mass is 10.1. The molecule has 6 nitrogen and oxygen atoms in total. The maximum Gasteiger partial charge on any atom is 0.331 e. The largest absolute Gasteiger partial charge is 0.454 e. The Morgan fingerprint density at radius 3 is 2.33 bits per heavy atom. The van der Waals surface area contributed by atoms with Gasteiger partial charge in [0.25, 0.3) is 0 Å². The smallest absolute Gasteiger partial charge is 0.331 e. The van der Waals surface area contributed by atoms with Gasteiger partial charge < -0.3 is 4.74 Å². The summed E-state index contributed by atoms with van der Waals surface area (Å²) < 4.78 is 31.7. The summed E-state index contributed by atoms with van der Waals surface area (Å²) in [4.78, 5) is 24.2. The monoisotopic (exact) mass is 447 g/mol. The average Bonchev–Trinajstić information content (AvgIpc) is 2.77. The molecule has 30 heavy (non-hydrogen) atoms. The van der Waals surface area contributed by atoms with E-state index in [1.807, 2.05) is 0 Å². The van der Waals surface area contributed by atoms with E-state index >= 15 is 0 Å². The molecule has 0 spiro atoms. The SMILES string of the molecule is O=C(C=Cc1ccccc1Cl)OCC(=O)c1ccc(S(=O)(=O)N2CCCCC2)cc1. The van der Waals surface area contributed by atoms with Crippen molar-refractivity contribution in [2.24, 2.45) is 0 Å². The third kappa shape index (κ3) is 5.56.